The van der Waals surface area contributed by atoms with Gasteiger partial charge in [0.1, 0.15) is 11.6 Å². The van der Waals surface area contributed by atoms with Crippen molar-refractivity contribution in [2.24, 2.45) is 11.3 Å². The molecular weight excluding hydrogens is 554 g/mol. The van der Waals surface area contributed by atoms with Gasteiger partial charge in [0.2, 0.25) is 15.9 Å². The van der Waals surface area contributed by atoms with Crippen LogP contribution in [0.1, 0.15) is 63.8 Å². The van der Waals surface area contributed by atoms with Crippen molar-refractivity contribution in [3.8, 4) is 0 Å². The summed E-state index contributed by atoms with van der Waals surface area (Å²) in [4.78, 5) is 45.3. The fourth-order valence-electron chi connectivity index (χ4n) is 4.63. The molecule has 216 valence electrons. The fourth-order valence-corrected chi connectivity index (χ4v) is 6.17. The molecule has 4 rings (SSSR count). The lowest BCUT2D eigenvalue weighted by Crippen LogP contribution is -2.54. The van der Waals surface area contributed by atoms with Crippen molar-refractivity contribution in [2.45, 2.75) is 70.2 Å². The third-order valence-corrected chi connectivity index (χ3v) is 9.51. The average molecular weight is 590 g/mol. The fraction of sp³-hybridized carbons (Fsp3) is 0.500. The molecular formula is C28H36ClN5O5S. The van der Waals surface area contributed by atoms with Crippen molar-refractivity contribution < 1.29 is 18.0 Å². The molecule has 0 radical (unpaired) electrons. The molecule has 2 amide bonds. The first-order valence-electron chi connectivity index (χ1n) is 13.3. The van der Waals surface area contributed by atoms with Gasteiger partial charge in [-0.2, -0.15) is 0 Å². The van der Waals surface area contributed by atoms with Gasteiger partial charge in [0.15, 0.2) is 11.0 Å². The van der Waals surface area contributed by atoms with Crippen molar-refractivity contribution in [3.63, 3.8) is 0 Å². The van der Waals surface area contributed by atoms with Gasteiger partial charge < -0.3 is 10.6 Å². The maximum atomic E-state index is 14.0. The first-order chi connectivity index (χ1) is 18.7. The van der Waals surface area contributed by atoms with Crippen molar-refractivity contribution in [3.05, 3.63) is 69.8 Å². The first kappa shape index (κ1) is 29.8. The molecule has 2 aliphatic carbocycles. The summed E-state index contributed by atoms with van der Waals surface area (Å²) >= 11 is 6.46. The number of anilines is 1. The third kappa shape index (κ3) is 6.25. The van der Waals surface area contributed by atoms with E-state index in [1.165, 1.54) is 10.6 Å². The molecule has 10 nitrogen and oxygen atoms in total. The normalized spacial score (nSPS) is 21.3. The number of hydrogen-bond acceptors (Lipinski definition) is 7. The minimum atomic E-state index is -3.84. The summed E-state index contributed by atoms with van der Waals surface area (Å²) < 4.78 is 28.4. The molecule has 1 unspecified atom stereocenters. The Bertz CT molecular complexity index is 1480. The van der Waals surface area contributed by atoms with Crippen molar-refractivity contribution >= 4 is 39.3 Å². The zero-order valence-corrected chi connectivity index (χ0v) is 24.7. The van der Waals surface area contributed by atoms with Crippen molar-refractivity contribution in [2.75, 3.05) is 11.9 Å². The zero-order chi connectivity index (χ0) is 29.5. The summed E-state index contributed by atoms with van der Waals surface area (Å²) in [5, 5.41) is 5.27. The molecule has 3 N–H and O–H groups in total. The van der Waals surface area contributed by atoms with Crippen molar-refractivity contribution in [1.29, 1.82) is 0 Å². The number of aromatic nitrogens is 2. The second-order valence-electron chi connectivity index (χ2n) is 11.7. The van der Waals surface area contributed by atoms with Gasteiger partial charge in [-0.25, -0.2) is 13.4 Å². The van der Waals surface area contributed by atoms with Crippen LogP contribution in [0, 0.1) is 18.3 Å². The van der Waals surface area contributed by atoms with E-state index in [1.807, 2.05) is 0 Å². The molecule has 0 spiro atoms. The monoisotopic (exact) mass is 589 g/mol. The number of carbonyl (C=O) groups is 2. The first-order valence-corrected chi connectivity index (χ1v) is 15.2. The topological polar surface area (TPSA) is 139 Å². The van der Waals surface area contributed by atoms with E-state index in [4.69, 9.17) is 11.6 Å². The molecule has 3 atom stereocenters. The van der Waals surface area contributed by atoms with Crippen LogP contribution >= 0.6 is 11.6 Å². The van der Waals surface area contributed by atoms with Crippen LogP contribution in [-0.4, -0.2) is 47.1 Å². The predicted molar refractivity (Wildman–Crippen MR) is 155 cm³/mol. The molecule has 1 heterocycles. The van der Waals surface area contributed by atoms with E-state index in [2.05, 4.69) is 47.7 Å². The molecule has 2 aromatic rings. The maximum absolute atomic E-state index is 14.0. The van der Waals surface area contributed by atoms with E-state index < -0.39 is 50.1 Å². The van der Waals surface area contributed by atoms with E-state index in [9.17, 15) is 22.8 Å². The summed E-state index contributed by atoms with van der Waals surface area (Å²) in [5.41, 5.74) is -1.30. The SMILES string of the molecule is C=C[C@@H]1C[C@]1(NC(=O)C(c1ccccc1)n1c(C)c(Cl)nc(NCCC(C)(C)C)c1=O)C(=O)NS(=O)(=O)C1CC1. The molecule has 2 aliphatic rings. The lowest BCUT2D eigenvalue weighted by atomic mass is 9.92. The summed E-state index contributed by atoms with van der Waals surface area (Å²) in [6.45, 7) is 12.0. The number of amides is 2. The number of rotatable bonds is 11. The quantitative estimate of drug-likeness (QED) is 0.342. The molecule has 2 saturated carbocycles. The highest BCUT2D eigenvalue weighted by Crippen LogP contribution is 2.45. The van der Waals surface area contributed by atoms with Crippen molar-refractivity contribution in [1.82, 2.24) is 19.6 Å². The number of benzene rings is 1. The highest BCUT2D eigenvalue weighted by molar-refractivity contribution is 7.91. The average Bonchev–Trinajstić information content (AvgIpc) is 3.79. The molecule has 12 heteroatoms. The second kappa shape index (κ2) is 11.0. The van der Waals surface area contributed by atoms with Crippen LogP contribution in [0.15, 0.2) is 47.8 Å². The van der Waals surface area contributed by atoms with E-state index in [0.717, 1.165) is 6.42 Å². The van der Waals surface area contributed by atoms with Crippen LogP contribution in [0.2, 0.25) is 5.15 Å². The minimum Gasteiger partial charge on any atom is -0.365 e. The van der Waals surface area contributed by atoms with E-state index in [-0.39, 0.29) is 28.5 Å². The Morgan fingerprint density at radius 2 is 1.90 bits per heavy atom. The standard InChI is InChI=1S/C28H36ClN5O5S/c1-6-19-16-28(19,26(37)33-40(38,39)20-12-13-20)32-24(35)21(18-10-8-7-9-11-18)34-17(2)22(29)31-23(25(34)36)30-15-14-27(3,4)5/h6-11,19-21H,1,12-16H2,2-5H3,(H,30,31)(H,32,35)(H,33,37)/t19-,21?,28-/m1/s1. The Morgan fingerprint density at radius 3 is 2.45 bits per heavy atom. The third-order valence-electron chi connectivity index (χ3n) is 7.33. The number of halogens is 1. The smallest absolute Gasteiger partial charge is 0.294 e. The maximum Gasteiger partial charge on any atom is 0.294 e. The number of nitrogens with zero attached hydrogens (tertiary/aromatic N) is 2. The van der Waals surface area contributed by atoms with Gasteiger partial charge >= 0.3 is 0 Å². The predicted octanol–water partition coefficient (Wildman–Crippen LogP) is 3.31. The second-order valence-corrected chi connectivity index (χ2v) is 14.1. The largest absolute Gasteiger partial charge is 0.365 e. The Labute approximate surface area is 239 Å². The van der Waals surface area contributed by atoms with Crippen LogP contribution < -0.4 is 20.9 Å². The van der Waals surface area contributed by atoms with Crippen LogP contribution in [-0.2, 0) is 19.6 Å². The Kier molecular flexibility index (Phi) is 8.20. The highest BCUT2D eigenvalue weighted by Gasteiger charge is 2.61. The van der Waals surface area contributed by atoms with Gasteiger partial charge in [-0.05, 0) is 43.6 Å². The molecule has 2 fully saturated rings. The lowest BCUT2D eigenvalue weighted by molar-refractivity contribution is -0.130. The van der Waals surface area contributed by atoms with Crippen LogP contribution in [0.5, 0.6) is 0 Å². The minimum absolute atomic E-state index is 0.00644. The van der Waals surface area contributed by atoms with Gasteiger partial charge in [-0.3, -0.25) is 23.7 Å². The molecule has 1 aromatic carbocycles. The van der Waals surface area contributed by atoms with Gasteiger partial charge in [0.25, 0.3) is 11.5 Å². The summed E-state index contributed by atoms with van der Waals surface area (Å²) in [6.07, 6.45) is 3.42. The zero-order valence-electron chi connectivity index (χ0n) is 23.2. The van der Waals surface area contributed by atoms with E-state index >= 15 is 0 Å². The number of nitrogens with one attached hydrogen (secondary N) is 3. The highest BCUT2D eigenvalue weighted by atomic mass is 35.5. The summed E-state index contributed by atoms with van der Waals surface area (Å²) in [5.74, 6) is -1.95. The van der Waals surface area contributed by atoms with Crippen LogP contribution in [0.25, 0.3) is 0 Å². The number of sulfonamides is 1. The Hall–Kier alpha value is -3.18. The van der Waals surface area contributed by atoms with Crippen LogP contribution in [0.4, 0.5) is 5.82 Å². The molecule has 0 saturated heterocycles. The van der Waals surface area contributed by atoms with E-state index in [0.29, 0.717) is 24.9 Å². The lowest BCUT2D eigenvalue weighted by Gasteiger charge is -2.26. The Balaban J connectivity index is 1.72. The number of carbonyl (C=O) groups excluding carboxylic acids is 2. The summed E-state index contributed by atoms with van der Waals surface area (Å²) in [7, 11) is -3.84. The molecule has 0 aliphatic heterocycles. The Morgan fingerprint density at radius 1 is 1.25 bits per heavy atom. The van der Waals surface area contributed by atoms with Crippen LogP contribution in [0.3, 0.4) is 0 Å². The van der Waals surface area contributed by atoms with E-state index in [1.54, 1.807) is 37.3 Å². The van der Waals surface area contributed by atoms with Gasteiger partial charge in [0, 0.05) is 12.5 Å². The van der Waals surface area contributed by atoms with Gasteiger partial charge in [-0.1, -0.05) is 68.8 Å². The van der Waals surface area contributed by atoms with Gasteiger partial charge in [-0.15, -0.1) is 6.58 Å². The molecule has 1 aromatic heterocycles. The summed E-state index contributed by atoms with van der Waals surface area (Å²) in [6, 6.07) is 7.41. The molecule has 40 heavy (non-hydrogen) atoms. The number of hydrogen-bond donors (Lipinski definition) is 3. The molecule has 0 bridgehead atoms. The van der Waals surface area contributed by atoms with Gasteiger partial charge in [0.05, 0.1) is 10.9 Å².